The van der Waals surface area contributed by atoms with Gasteiger partial charge in [0.1, 0.15) is 0 Å². The number of carbonyl (C=O) groups is 1. The van der Waals surface area contributed by atoms with E-state index in [4.69, 9.17) is 5.73 Å². The third kappa shape index (κ3) is 1.41. The van der Waals surface area contributed by atoms with Crippen LogP contribution >= 0.6 is 0 Å². The van der Waals surface area contributed by atoms with E-state index in [2.05, 4.69) is 19.1 Å². The molecule has 74 valence electrons. The first kappa shape index (κ1) is 9.25. The van der Waals surface area contributed by atoms with Crippen LogP contribution in [0.25, 0.3) is 0 Å². The van der Waals surface area contributed by atoms with Crippen LogP contribution in [0.15, 0.2) is 30.3 Å². The van der Waals surface area contributed by atoms with Crippen molar-refractivity contribution >= 4 is 5.91 Å². The number of benzene rings is 1. The molecule has 2 N–H and O–H groups in total. The Morgan fingerprint density at radius 3 is 2.50 bits per heavy atom. The zero-order valence-corrected chi connectivity index (χ0v) is 8.36. The lowest BCUT2D eigenvalue weighted by molar-refractivity contribution is -0.123. The van der Waals surface area contributed by atoms with Gasteiger partial charge in [0.15, 0.2) is 0 Å². The summed E-state index contributed by atoms with van der Waals surface area (Å²) in [5.41, 5.74) is 6.39. The van der Waals surface area contributed by atoms with Crippen molar-refractivity contribution < 1.29 is 4.79 Å². The fourth-order valence-corrected chi connectivity index (χ4v) is 2.12. The maximum atomic E-state index is 11.3. The van der Waals surface area contributed by atoms with Gasteiger partial charge in [-0.05, 0) is 24.3 Å². The molecule has 1 fully saturated rings. The molecule has 0 radical (unpaired) electrons. The Balaban J connectivity index is 2.15. The van der Waals surface area contributed by atoms with E-state index in [0.717, 1.165) is 12.8 Å². The molecule has 0 aliphatic heterocycles. The molecule has 2 rings (SSSR count). The van der Waals surface area contributed by atoms with Gasteiger partial charge < -0.3 is 5.73 Å². The van der Waals surface area contributed by atoms with Crippen LogP contribution in [0.5, 0.6) is 0 Å². The van der Waals surface area contributed by atoms with Crippen molar-refractivity contribution in [3.63, 3.8) is 0 Å². The number of primary amides is 1. The van der Waals surface area contributed by atoms with Crippen molar-refractivity contribution in [2.75, 3.05) is 0 Å². The highest BCUT2D eigenvalue weighted by Crippen LogP contribution is 2.54. The summed E-state index contributed by atoms with van der Waals surface area (Å²) < 4.78 is 0. The van der Waals surface area contributed by atoms with Crippen molar-refractivity contribution in [3.8, 4) is 0 Å². The molecule has 2 unspecified atom stereocenters. The molecule has 0 bridgehead atoms. The summed E-state index contributed by atoms with van der Waals surface area (Å²) >= 11 is 0. The summed E-state index contributed by atoms with van der Waals surface area (Å²) in [5, 5.41) is 0. The van der Waals surface area contributed by atoms with Crippen LogP contribution in [0.1, 0.15) is 18.9 Å². The number of amides is 1. The third-order valence-corrected chi connectivity index (χ3v) is 3.31. The number of rotatable bonds is 3. The Morgan fingerprint density at radius 2 is 2.07 bits per heavy atom. The van der Waals surface area contributed by atoms with Gasteiger partial charge >= 0.3 is 0 Å². The standard InChI is InChI=1S/C12H15NO/c1-9-7-12(9,11(13)14)8-10-5-3-2-4-6-10/h2-6,9H,7-8H2,1H3,(H2,13,14). The first-order chi connectivity index (χ1) is 6.65. The van der Waals surface area contributed by atoms with E-state index < -0.39 is 0 Å². The highest BCUT2D eigenvalue weighted by Gasteiger charge is 2.55. The largest absolute Gasteiger partial charge is 0.369 e. The molecule has 1 aromatic carbocycles. The smallest absolute Gasteiger partial charge is 0.224 e. The predicted molar refractivity (Wildman–Crippen MR) is 55.6 cm³/mol. The van der Waals surface area contributed by atoms with E-state index in [1.165, 1.54) is 5.56 Å². The van der Waals surface area contributed by atoms with Gasteiger partial charge in [0, 0.05) is 0 Å². The molecule has 0 saturated heterocycles. The highest BCUT2D eigenvalue weighted by atomic mass is 16.1. The summed E-state index contributed by atoms with van der Waals surface area (Å²) in [5.74, 6) is 0.300. The average molecular weight is 189 g/mol. The quantitative estimate of drug-likeness (QED) is 0.773. The molecule has 1 aliphatic rings. The van der Waals surface area contributed by atoms with E-state index in [0.29, 0.717) is 5.92 Å². The van der Waals surface area contributed by atoms with Crippen molar-refractivity contribution in [1.82, 2.24) is 0 Å². The molecule has 0 aromatic heterocycles. The second-order valence-electron chi connectivity index (χ2n) is 4.29. The van der Waals surface area contributed by atoms with Crippen LogP contribution in [0, 0.1) is 11.3 Å². The van der Waals surface area contributed by atoms with E-state index in [-0.39, 0.29) is 11.3 Å². The fraction of sp³-hybridized carbons (Fsp3) is 0.417. The fourth-order valence-electron chi connectivity index (χ4n) is 2.12. The summed E-state index contributed by atoms with van der Waals surface area (Å²) in [6, 6.07) is 10.1. The Bertz CT molecular complexity index is 347. The molecule has 2 heteroatoms. The van der Waals surface area contributed by atoms with Gasteiger partial charge in [-0.3, -0.25) is 4.79 Å². The zero-order valence-electron chi connectivity index (χ0n) is 8.36. The first-order valence-electron chi connectivity index (χ1n) is 4.99. The lowest BCUT2D eigenvalue weighted by Crippen LogP contribution is -2.28. The topological polar surface area (TPSA) is 43.1 Å². The third-order valence-electron chi connectivity index (χ3n) is 3.31. The lowest BCUT2D eigenvalue weighted by Gasteiger charge is -2.11. The summed E-state index contributed by atoms with van der Waals surface area (Å²) in [6.07, 6.45) is 1.74. The van der Waals surface area contributed by atoms with E-state index in [1.807, 2.05) is 18.2 Å². The molecular formula is C12H15NO. The molecule has 14 heavy (non-hydrogen) atoms. The van der Waals surface area contributed by atoms with Crippen LogP contribution in [-0.4, -0.2) is 5.91 Å². The normalized spacial score (nSPS) is 29.9. The van der Waals surface area contributed by atoms with Gasteiger partial charge in [-0.2, -0.15) is 0 Å². The summed E-state index contributed by atoms with van der Waals surface area (Å²) in [7, 11) is 0. The van der Waals surface area contributed by atoms with Crippen molar-refractivity contribution in [2.24, 2.45) is 17.1 Å². The lowest BCUT2D eigenvalue weighted by atomic mass is 9.94. The number of hydrogen-bond acceptors (Lipinski definition) is 1. The minimum atomic E-state index is -0.249. The molecule has 1 aliphatic carbocycles. The summed E-state index contributed by atoms with van der Waals surface area (Å²) in [4.78, 5) is 11.3. The average Bonchev–Trinajstić information content (AvgIpc) is 2.80. The second-order valence-corrected chi connectivity index (χ2v) is 4.29. The highest BCUT2D eigenvalue weighted by molar-refractivity contribution is 5.84. The maximum Gasteiger partial charge on any atom is 0.224 e. The number of carbonyl (C=O) groups excluding carboxylic acids is 1. The van der Waals surface area contributed by atoms with Gasteiger partial charge in [0.25, 0.3) is 0 Å². The molecule has 0 heterocycles. The molecule has 0 spiro atoms. The van der Waals surface area contributed by atoms with Crippen molar-refractivity contribution in [3.05, 3.63) is 35.9 Å². The number of hydrogen-bond donors (Lipinski definition) is 1. The molecule has 1 amide bonds. The Hall–Kier alpha value is -1.31. The second kappa shape index (κ2) is 3.12. The number of nitrogens with two attached hydrogens (primary N) is 1. The first-order valence-corrected chi connectivity index (χ1v) is 4.99. The predicted octanol–water partition coefficient (Wildman–Crippen LogP) is 1.74. The molecule has 1 aromatic rings. The van der Waals surface area contributed by atoms with Crippen molar-refractivity contribution in [2.45, 2.75) is 19.8 Å². The van der Waals surface area contributed by atoms with Crippen molar-refractivity contribution in [1.29, 1.82) is 0 Å². The summed E-state index contributed by atoms with van der Waals surface area (Å²) in [6.45, 7) is 2.09. The Kier molecular flexibility index (Phi) is 2.06. The van der Waals surface area contributed by atoms with Crippen LogP contribution in [0.2, 0.25) is 0 Å². The molecule has 2 nitrogen and oxygen atoms in total. The molecule has 2 atom stereocenters. The van der Waals surface area contributed by atoms with Gasteiger partial charge in [0.05, 0.1) is 5.41 Å². The monoisotopic (exact) mass is 189 g/mol. The molecular weight excluding hydrogens is 174 g/mol. The Labute approximate surface area is 84.1 Å². The minimum Gasteiger partial charge on any atom is -0.369 e. The van der Waals surface area contributed by atoms with Gasteiger partial charge in [-0.25, -0.2) is 0 Å². The van der Waals surface area contributed by atoms with E-state index >= 15 is 0 Å². The SMILES string of the molecule is CC1CC1(Cc1ccccc1)C(N)=O. The Morgan fingerprint density at radius 1 is 1.50 bits per heavy atom. The van der Waals surface area contributed by atoms with Crippen LogP contribution in [0.4, 0.5) is 0 Å². The van der Waals surface area contributed by atoms with E-state index in [9.17, 15) is 4.79 Å². The van der Waals surface area contributed by atoms with Gasteiger partial charge in [-0.1, -0.05) is 37.3 Å². The minimum absolute atomic E-state index is 0.145. The maximum absolute atomic E-state index is 11.3. The van der Waals surface area contributed by atoms with Crippen LogP contribution in [-0.2, 0) is 11.2 Å². The van der Waals surface area contributed by atoms with Gasteiger partial charge in [-0.15, -0.1) is 0 Å². The van der Waals surface area contributed by atoms with E-state index in [1.54, 1.807) is 0 Å². The van der Waals surface area contributed by atoms with Crippen LogP contribution < -0.4 is 5.73 Å². The van der Waals surface area contributed by atoms with Crippen LogP contribution in [0.3, 0.4) is 0 Å². The molecule has 1 saturated carbocycles. The zero-order chi connectivity index (χ0) is 10.2. The van der Waals surface area contributed by atoms with Gasteiger partial charge in [0.2, 0.25) is 5.91 Å².